The summed E-state index contributed by atoms with van der Waals surface area (Å²) >= 11 is 1.29. The molecule has 2 aromatic carbocycles. The molecule has 0 unspecified atom stereocenters. The second-order valence-corrected chi connectivity index (χ2v) is 6.01. The first-order valence-corrected chi connectivity index (χ1v) is 8.56. The van der Waals surface area contributed by atoms with E-state index in [1.165, 1.54) is 18.9 Å². The zero-order valence-electron chi connectivity index (χ0n) is 13.9. The first kappa shape index (κ1) is 17.0. The number of nitrogens with zero attached hydrogens (tertiary/aromatic N) is 3. The predicted octanol–water partition coefficient (Wildman–Crippen LogP) is 3.21. The average Bonchev–Trinajstić information content (AvgIpc) is 3.10. The lowest BCUT2D eigenvalue weighted by Crippen LogP contribution is -2.05. The number of ether oxygens (including phenoxy) is 2. The third-order valence-corrected chi connectivity index (χ3v) is 4.45. The highest BCUT2D eigenvalue weighted by Crippen LogP contribution is 2.28. The molecule has 1 aromatic heterocycles. The summed E-state index contributed by atoms with van der Waals surface area (Å²) in [5.41, 5.74) is 1.83. The molecule has 0 aliphatic rings. The molecular weight excluding hydrogens is 338 g/mol. The zero-order chi connectivity index (χ0) is 17.6. The van der Waals surface area contributed by atoms with Crippen molar-refractivity contribution >= 4 is 17.7 Å². The Bertz CT molecular complexity index is 848. The Hall–Kier alpha value is -2.80. The van der Waals surface area contributed by atoms with Crippen LogP contribution in [0.15, 0.2) is 59.8 Å². The molecular formula is C18H17N3O3S. The van der Waals surface area contributed by atoms with E-state index in [0.29, 0.717) is 11.0 Å². The zero-order valence-corrected chi connectivity index (χ0v) is 14.7. The monoisotopic (exact) mass is 355 g/mol. The summed E-state index contributed by atoms with van der Waals surface area (Å²) in [4.78, 5) is 11.5. The first-order valence-electron chi connectivity index (χ1n) is 7.58. The van der Waals surface area contributed by atoms with E-state index in [2.05, 4.69) is 10.2 Å². The lowest BCUT2D eigenvalue weighted by Gasteiger charge is -2.10. The molecule has 0 N–H and O–H groups in total. The second kappa shape index (κ2) is 7.85. The smallest absolute Gasteiger partial charge is 0.316 e. The Morgan fingerprint density at radius 3 is 2.40 bits per heavy atom. The molecule has 0 saturated carbocycles. The molecule has 0 spiro atoms. The van der Waals surface area contributed by atoms with Crippen LogP contribution in [-0.4, -0.2) is 40.7 Å². The van der Waals surface area contributed by atoms with Crippen LogP contribution in [0.25, 0.3) is 17.1 Å². The molecule has 0 saturated heterocycles. The molecule has 0 aliphatic carbocycles. The van der Waals surface area contributed by atoms with Crippen LogP contribution in [0.3, 0.4) is 0 Å². The Morgan fingerprint density at radius 2 is 1.76 bits per heavy atom. The van der Waals surface area contributed by atoms with Gasteiger partial charge in [0.05, 0.1) is 20.0 Å². The molecule has 3 aromatic rings. The third kappa shape index (κ3) is 3.83. The molecule has 0 amide bonds. The summed E-state index contributed by atoms with van der Waals surface area (Å²) in [5, 5.41) is 9.20. The standard InChI is InChI=1S/C18H17N3O3S/c1-23-15-10-8-13(9-11-15)17-19-20-18(25-12-16(22)24-2)21(17)14-6-4-3-5-7-14/h3-11H,12H2,1-2H3. The molecule has 25 heavy (non-hydrogen) atoms. The molecule has 0 bridgehead atoms. The van der Waals surface area contributed by atoms with Crippen molar-refractivity contribution in [1.82, 2.24) is 14.8 Å². The number of benzene rings is 2. The van der Waals surface area contributed by atoms with Crippen LogP contribution in [-0.2, 0) is 9.53 Å². The van der Waals surface area contributed by atoms with Gasteiger partial charge in [0, 0.05) is 11.3 Å². The van der Waals surface area contributed by atoms with Gasteiger partial charge in [-0.3, -0.25) is 9.36 Å². The number of hydrogen-bond donors (Lipinski definition) is 0. The van der Waals surface area contributed by atoms with Gasteiger partial charge in [-0.1, -0.05) is 30.0 Å². The van der Waals surface area contributed by atoms with Gasteiger partial charge in [-0.25, -0.2) is 0 Å². The molecule has 128 valence electrons. The van der Waals surface area contributed by atoms with E-state index in [0.717, 1.165) is 17.0 Å². The van der Waals surface area contributed by atoms with Crippen LogP contribution in [0.4, 0.5) is 0 Å². The van der Waals surface area contributed by atoms with Gasteiger partial charge in [0.25, 0.3) is 0 Å². The largest absolute Gasteiger partial charge is 0.497 e. The van der Waals surface area contributed by atoms with Crippen molar-refractivity contribution in [2.45, 2.75) is 5.16 Å². The van der Waals surface area contributed by atoms with Gasteiger partial charge in [-0.05, 0) is 36.4 Å². The number of aromatic nitrogens is 3. The minimum atomic E-state index is -0.307. The highest BCUT2D eigenvalue weighted by Gasteiger charge is 2.17. The van der Waals surface area contributed by atoms with E-state index in [-0.39, 0.29) is 11.7 Å². The van der Waals surface area contributed by atoms with Gasteiger partial charge in [-0.2, -0.15) is 0 Å². The van der Waals surface area contributed by atoms with Crippen molar-refractivity contribution in [1.29, 1.82) is 0 Å². The lowest BCUT2D eigenvalue weighted by atomic mass is 10.2. The highest BCUT2D eigenvalue weighted by atomic mass is 32.2. The fourth-order valence-electron chi connectivity index (χ4n) is 2.28. The summed E-state index contributed by atoms with van der Waals surface area (Å²) in [6.45, 7) is 0. The van der Waals surface area contributed by atoms with E-state index in [1.54, 1.807) is 7.11 Å². The predicted molar refractivity (Wildman–Crippen MR) is 96.1 cm³/mol. The number of esters is 1. The van der Waals surface area contributed by atoms with Crippen LogP contribution in [0.1, 0.15) is 0 Å². The molecule has 3 rings (SSSR count). The third-order valence-electron chi connectivity index (χ3n) is 3.54. The number of carbonyl (C=O) groups excluding carboxylic acids is 1. The fourth-order valence-corrected chi connectivity index (χ4v) is 3.07. The van der Waals surface area contributed by atoms with Crippen molar-refractivity contribution < 1.29 is 14.3 Å². The Balaban J connectivity index is 2.02. The number of hydrogen-bond acceptors (Lipinski definition) is 6. The minimum absolute atomic E-state index is 0.171. The normalized spacial score (nSPS) is 10.5. The van der Waals surface area contributed by atoms with Crippen molar-refractivity contribution in [3.63, 3.8) is 0 Å². The lowest BCUT2D eigenvalue weighted by molar-refractivity contribution is -0.137. The molecule has 0 fully saturated rings. The maximum atomic E-state index is 11.5. The van der Waals surface area contributed by atoms with E-state index in [4.69, 9.17) is 9.47 Å². The van der Waals surface area contributed by atoms with Gasteiger partial charge in [0.2, 0.25) is 0 Å². The highest BCUT2D eigenvalue weighted by molar-refractivity contribution is 7.99. The van der Waals surface area contributed by atoms with E-state index < -0.39 is 0 Å². The van der Waals surface area contributed by atoms with Crippen molar-refractivity contribution in [3.05, 3.63) is 54.6 Å². The number of methoxy groups -OCH3 is 2. The van der Waals surface area contributed by atoms with Crippen LogP contribution < -0.4 is 4.74 Å². The number of para-hydroxylation sites is 1. The van der Waals surface area contributed by atoms with E-state index in [1.807, 2.05) is 59.2 Å². The first-order chi connectivity index (χ1) is 12.2. The SMILES string of the molecule is COC(=O)CSc1nnc(-c2ccc(OC)cc2)n1-c1ccccc1. The average molecular weight is 355 g/mol. The van der Waals surface area contributed by atoms with Crippen molar-refractivity contribution in [3.8, 4) is 22.8 Å². The Labute approximate surface area is 149 Å². The van der Waals surface area contributed by atoms with Crippen molar-refractivity contribution in [2.24, 2.45) is 0 Å². The molecule has 0 radical (unpaired) electrons. The minimum Gasteiger partial charge on any atom is -0.497 e. The van der Waals surface area contributed by atoms with E-state index >= 15 is 0 Å². The number of carbonyl (C=O) groups is 1. The van der Waals surface area contributed by atoms with Crippen LogP contribution in [0.2, 0.25) is 0 Å². The van der Waals surface area contributed by atoms with Crippen LogP contribution in [0.5, 0.6) is 5.75 Å². The number of rotatable bonds is 6. The van der Waals surface area contributed by atoms with Crippen LogP contribution in [0, 0.1) is 0 Å². The van der Waals surface area contributed by atoms with Crippen LogP contribution >= 0.6 is 11.8 Å². The van der Waals surface area contributed by atoms with Gasteiger partial charge < -0.3 is 9.47 Å². The molecule has 0 aliphatic heterocycles. The van der Waals surface area contributed by atoms with Crippen molar-refractivity contribution in [2.75, 3.05) is 20.0 Å². The topological polar surface area (TPSA) is 66.2 Å². The Kier molecular flexibility index (Phi) is 5.35. The molecule has 0 atom stereocenters. The van der Waals surface area contributed by atoms with Gasteiger partial charge in [0.1, 0.15) is 5.75 Å². The number of thioether (sulfide) groups is 1. The summed E-state index contributed by atoms with van der Waals surface area (Å²) in [6, 6.07) is 17.4. The van der Waals surface area contributed by atoms with Gasteiger partial charge in [0.15, 0.2) is 11.0 Å². The Morgan fingerprint density at radius 1 is 1.04 bits per heavy atom. The summed E-state index contributed by atoms with van der Waals surface area (Å²) in [6.07, 6.45) is 0. The molecule has 6 nitrogen and oxygen atoms in total. The summed E-state index contributed by atoms with van der Waals surface area (Å²) < 4.78 is 11.8. The maximum Gasteiger partial charge on any atom is 0.316 e. The quantitative estimate of drug-likeness (QED) is 0.500. The maximum absolute atomic E-state index is 11.5. The van der Waals surface area contributed by atoms with Gasteiger partial charge >= 0.3 is 5.97 Å². The summed E-state index contributed by atoms with van der Waals surface area (Å²) in [7, 11) is 3.00. The fraction of sp³-hybridized carbons (Fsp3) is 0.167. The summed E-state index contributed by atoms with van der Waals surface area (Å²) in [5.74, 6) is 1.33. The van der Waals surface area contributed by atoms with E-state index in [9.17, 15) is 4.79 Å². The molecule has 7 heteroatoms. The van der Waals surface area contributed by atoms with Gasteiger partial charge in [-0.15, -0.1) is 10.2 Å². The second-order valence-electron chi connectivity index (χ2n) is 5.07. The molecule has 1 heterocycles.